The molecule has 0 unspecified atom stereocenters. The van der Waals surface area contributed by atoms with Crippen molar-refractivity contribution in [3.05, 3.63) is 60.2 Å². The van der Waals surface area contributed by atoms with Gasteiger partial charge in [0.15, 0.2) is 12.6 Å². The number of amides is 2. The van der Waals surface area contributed by atoms with E-state index in [9.17, 15) is 18.0 Å². The van der Waals surface area contributed by atoms with E-state index in [4.69, 9.17) is 10.00 Å². The van der Waals surface area contributed by atoms with Gasteiger partial charge in [-0.2, -0.15) is 18.4 Å². The fraction of sp³-hybridized carbons (Fsp3) is 0.176. The van der Waals surface area contributed by atoms with Gasteiger partial charge in [-0.25, -0.2) is 4.79 Å². The summed E-state index contributed by atoms with van der Waals surface area (Å²) in [5.41, 5.74) is 0.223. The molecular weight excluding hydrogens is 335 g/mol. The van der Waals surface area contributed by atoms with Crippen LogP contribution in [0.5, 0.6) is 5.75 Å². The van der Waals surface area contributed by atoms with Crippen molar-refractivity contribution in [3.63, 3.8) is 0 Å². The number of urea groups is 1. The summed E-state index contributed by atoms with van der Waals surface area (Å²) < 4.78 is 44.6. The molecule has 5 nitrogen and oxygen atoms in total. The second-order valence-corrected chi connectivity index (χ2v) is 4.95. The average molecular weight is 349 g/mol. The van der Waals surface area contributed by atoms with E-state index in [1.807, 2.05) is 5.32 Å². The van der Waals surface area contributed by atoms with Gasteiger partial charge in [-0.3, -0.25) is 0 Å². The van der Waals surface area contributed by atoms with Crippen molar-refractivity contribution >= 4 is 11.7 Å². The molecule has 2 amide bonds. The number of nitrogens with one attached hydrogen (secondary N) is 2. The third-order valence-electron chi connectivity index (χ3n) is 3.15. The number of nitrogens with zero attached hydrogens (tertiary/aromatic N) is 1. The smallest absolute Gasteiger partial charge is 0.412 e. The molecule has 0 aliphatic carbocycles. The maximum absolute atomic E-state index is 13.2. The van der Waals surface area contributed by atoms with E-state index in [1.54, 1.807) is 12.1 Å². The van der Waals surface area contributed by atoms with Crippen LogP contribution in [0.25, 0.3) is 0 Å². The number of rotatable bonds is 5. The quantitative estimate of drug-likeness (QED) is 0.856. The first-order valence-corrected chi connectivity index (χ1v) is 7.19. The molecule has 130 valence electrons. The number of anilines is 1. The summed E-state index contributed by atoms with van der Waals surface area (Å²) in [7, 11) is 0. The molecule has 0 aliphatic rings. The monoisotopic (exact) mass is 349 g/mol. The molecular formula is C17H14F3N3O2. The zero-order chi connectivity index (χ0) is 18.3. The van der Waals surface area contributed by atoms with Gasteiger partial charge >= 0.3 is 12.2 Å². The summed E-state index contributed by atoms with van der Waals surface area (Å²) in [5.74, 6) is 0.407. The second kappa shape index (κ2) is 8.06. The van der Waals surface area contributed by atoms with Crippen molar-refractivity contribution in [1.82, 2.24) is 5.32 Å². The Morgan fingerprint density at radius 2 is 1.76 bits per heavy atom. The topological polar surface area (TPSA) is 74.1 Å². The molecule has 0 bridgehead atoms. The molecule has 0 saturated carbocycles. The normalized spacial score (nSPS) is 11.9. The minimum absolute atomic E-state index is 0.0644. The number of carbonyl (C=O) groups excluding carboxylic acids is 1. The summed E-state index contributed by atoms with van der Waals surface area (Å²) >= 11 is 0. The maximum atomic E-state index is 13.2. The number of halogens is 3. The Labute approximate surface area is 142 Å². The van der Waals surface area contributed by atoms with Crippen LogP contribution in [-0.4, -0.2) is 18.8 Å². The lowest BCUT2D eigenvalue weighted by molar-refractivity contribution is -0.154. The molecule has 0 aromatic heterocycles. The number of carbonyl (C=O) groups is 1. The molecule has 8 heteroatoms. The van der Waals surface area contributed by atoms with Crippen LogP contribution in [0.2, 0.25) is 0 Å². The van der Waals surface area contributed by atoms with Gasteiger partial charge in [-0.1, -0.05) is 30.3 Å². The highest BCUT2D eigenvalue weighted by molar-refractivity contribution is 5.89. The van der Waals surface area contributed by atoms with Crippen LogP contribution in [0.1, 0.15) is 11.6 Å². The van der Waals surface area contributed by atoms with Crippen LogP contribution >= 0.6 is 0 Å². The summed E-state index contributed by atoms with van der Waals surface area (Å²) in [5, 5.41) is 12.7. The number of benzene rings is 2. The van der Waals surface area contributed by atoms with Crippen LogP contribution in [0, 0.1) is 11.3 Å². The highest BCUT2D eigenvalue weighted by Gasteiger charge is 2.41. The Morgan fingerprint density at radius 3 is 2.32 bits per heavy atom. The van der Waals surface area contributed by atoms with Crippen molar-refractivity contribution in [2.24, 2.45) is 0 Å². The van der Waals surface area contributed by atoms with E-state index in [0.717, 1.165) is 0 Å². The highest BCUT2D eigenvalue weighted by Crippen LogP contribution is 2.32. The van der Waals surface area contributed by atoms with Crippen LogP contribution in [0.3, 0.4) is 0 Å². The standard InChI is InChI=1S/C17H14F3N3O2/c18-17(19,20)15(12-4-2-1-3-5-12)23-16(24)22-13-6-8-14(9-7-13)25-11-10-21/h1-9,15H,11H2,(H2,22,23,24)/t15-/m0/s1. The first kappa shape index (κ1) is 18.1. The van der Waals surface area contributed by atoms with E-state index in [2.05, 4.69) is 5.32 Å². The predicted octanol–water partition coefficient (Wildman–Crippen LogP) is 4.01. The van der Waals surface area contributed by atoms with Gasteiger partial charge in [0.1, 0.15) is 11.8 Å². The molecule has 0 saturated heterocycles. The van der Waals surface area contributed by atoms with Crippen LogP contribution in [0.15, 0.2) is 54.6 Å². The Morgan fingerprint density at radius 1 is 1.12 bits per heavy atom. The molecule has 0 fully saturated rings. The number of ether oxygens (including phenoxy) is 1. The van der Waals surface area contributed by atoms with Gasteiger partial charge in [0.25, 0.3) is 0 Å². The molecule has 1 atom stereocenters. The van der Waals surface area contributed by atoms with Crippen LogP contribution < -0.4 is 15.4 Å². The third-order valence-corrected chi connectivity index (χ3v) is 3.15. The summed E-state index contributed by atoms with van der Waals surface area (Å²) in [6.45, 7) is -0.127. The van der Waals surface area contributed by atoms with Crippen molar-refractivity contribution in [2.45, 2.75) is 12.2 Å². The first-order valence-electron chi connectivity index (χ1n) is 7.19. The van der Waals surface area contributed by atoms with Crippen molar-refractivity contribution in [3.8, 4) is 11.8 Å². The zero-order valence-corrected chi connectivity index (χ0v) is 12.9. The summed E-state index contributed by atoms with van der Waals surface area (Å²) in [6, 6.07) is 11.7. The lowest BCUT2D eigenvalue weighted by Gasteiger charge is -2.22. The Kier molecular flexibility index (Phi) is 5.84. The van der Waals surface area contributed by atoms with Gasteiger partial charge < -0.3 is 15.4 Å². The Bertz CT molecular complexity index is 740. The van der Waals surface area contributed by atoms with E-state index in [-0.39, 0.29) is 17.9 Å². The second-order valence-electron chi connectivity index (χ2n) is 4.95. The molecule has 0 aliphatic heterocycles. The Balaban J connectivity index is 2.03. The minimum Gasteiger partial charge on any atom is -0.479 e. The highest BCUT2D eigenvalue weighted by atomic mass is 19.4. The van der Waals surface area contributed by atoms with Gasteiger partial charge in [-0.15, -0.1) is 0 Å². The van der Waals surface area contributed by atoms with E-state index >= 15 is 0 Å². The number of hydrogen-bond donors (Lipinski definition) is 2. The third kappa shape index (κ3) is 5.42. The van der Waals surface area contributed by atoms with Crippen LogP contribution in [-0.2, 0) is 0 Å². The van der Waals surface area contributed by atoms with Crippen molar-refractivity contribution in [1.29, 1.82) is 5.26 Å². The summed E-state index contributed by atoms with van der Waals surface area (Å²) in [6.07, 6.45) is -4.63. The summed E-state index contributed by atoms with van der Waals surface area (Å²) in [4.78, 5) is 11.9. The minimum atomic E-state index is -4.63. The van der Waals surface area contributed by atoms with Gasteiger partial charge in [0, 0.05) is 5.69 Å². The molecule has 2 aromatic carbocycles. The van der Waals surface area contributed by atoms with E-state index < -0.39 is 18.2 Å². The van der Waals surface area contributed by atoms with Crippen molar-refractivity contribution in [2.75, 3.05) is 11.9 Å². The first-order chi connectivity index (χ1) is 11.9. The molecule has 2 N–H and O–H groups in total. The molecule has 25 heavy (non-hydrogen) atoms. The van der Waals surface area contributed by atoms with Gasteiger partial charge in [-0.05, 0) is 29.8 Å². The van der Waals surface area contributed by atoms with Crippen molar-refractivity contribution < 1.29 is 22.7 Å². The Hall–Kier alpha value is -3.21. The molecule has 0 spiro atoms. The fourth-order valence-electron chi connectivity index (χ4n) is 2.05. The number of hydrogen-bond acceptors (Lipinski definition) is 3. The molecule has 2 rings (SSSR count). The average Bonchev–Trinajstić information content (AvgIpc) is 2.59. The lowest BCUT2D eigenvalue weighted by Crippen LogP contribution is -2.40. The number of nitriles is 1. The van der Waals surface area contributed by atoms with Crippen LogP contribution in [0.4, 0.5) is 23.7 Å². The maximum Gasteiger partial charge on any atom is 0.412 e. The van der Waals surface area contributed by atoms with E-state index in [0.29, 0.717) is 5.75 Å². The largest absolute Gasteiger partial charge is 0.479 e. The van der Waals surface area contributed by atoms with Gasteiger partial charge in [0.2, 0.25) is 0 Å². The predicted molar refractivity (Wildman–Crippen MR) is 84.9 cm³/mol. The number of alkyl halides is 3. The molecule has 0 heterocycles. The molecule has 2 aromatic rings. The van der Waals surface area contributed by atoms with E-state index in [1.165, 1.54) is 48.5 Å². The lowest BCUT2D eigenvalue weighted by atomic mass is 10.1. The fourth-order valence-corrected chi connectivity index (χ4v) is 2.05. The SMILES string of the molecule is N#CCOc1ccc(NC(=O)N[C@@H](c2ccccc2)C(F)(F)F)cc1. The zero-order valence-electron chi connectivity index (χ0n) is 12.9. The van der Waals surface area contributed by atoms with Gasteiger partial charge in [0.05, 0.1) is 0 Å². The molecule has 0 radical (unpaired) electrons.